The quantitative estimate of drug-likeness (QED) is 0.422. The van der Waals surface area contributed by atoms with E-state index in [1.165, 1.54) is 11.1 Å². The summed E-state index contributed by atoms with van der Waals surface area (Å²) in [7, 11) is 1.73. The van der Waals surface area contributed by atoms with E-state index in [9.17, 15) is 4.79 Å². The zero-order valence-corrected chi connectivity index (χ0v) is 19.6. The number of hydrogen-bond donors (Lipinski definition) is 0. The van der Waals surface area contributed by atoms with E-state index in [1.54, 1.807) is 25.2 Å². The Balaban J connectivity index is 1.36. The fourth-order valence-electron chi connectivity index (χ4n) is 6.92. The number of ether oxygens (including phenoxy) is 1. The van der Waals surface area contributed by atoms with Crippen LogP contribution in [0.15, 0.2) is 35.9 Å². The molecule has 3 aliphatic rings. The van der Waals surface area contributed by atoms with Crippen LogP contribution in [-0.2, 0) is 11.2 Å². The van der Waals surface area contributed by atoms with Crippen LogP contribution >= 0.6 is 11.8 Å². The summed E-state index contributed by atoms with van der Waals surface area (Å²) < 4.78 is 7.48. The van der Waals surface area contributed by atoms with Crippen molar-refractivity contribution in [1.29, 1.82) is 0 Å². The average molecular weight is 449 g/mol. The van der Waals surface area contributed by atoms with E-state index >= 15 is 0 Å². The maximum Gasteiger partial charge on any atom is 0.165 e. The van der Waals surface area contributed by atoms with Gasteiger partial charge in [0.05, 0.1) is 19.5 Å². The molecule has 2 fully saturated rings. The van der Waals surface area contributed by atoms with Crippen molar-refractivity contribution in [2.45, 2.75) is 56.0 Å². The average Bonchev–Trinajstić information content (AvgIpc) is 3.37. The second kappa shape index (κ2) is 7.30. The highest BCUT2D eigenvalue weighted by Crippen LogP contribution is 2.61. The van der Waals surface area contributed by atoms with Gasteiger partial charge in [-0.2, -0.15) is 0 Å². The summed E-state index contributed by atoms with van der Waals surface area (Å²) in [5.74, 6) is 2.80. The van der Waals surface area contributed by atoms with Gasteiger partial charge in [-0.3, -0.25) is 4.79 Å². The molecule has 0 aliphatic heterocycles. The maximum atomic E-state index is 13.8. The molecule has 0 N–H and O–H groups in total. The monoisotopic (exact) mass is 448 g/mol. The summed E-state index contributed by atoms with van der Waals surface area (Å²) in [5.41, 5.74) is 4.22. The van der Waals surface area contributed by atoms with Gasteiger partial charge in [-0.25, -0.2) is 15.0 Å². The molecule has 3 aliphatic carbocycles. The van der Waals surface area contributed by atoms with Crippen molar-refractivity contribution in [2.75, 3.05) is 13.4 Å². The number of rotatable bonds is 3. The van der Waals surface area contributed by atoms with Gasteiger partial charge >= 0.3 is 0 Å². The van der Waals surface area contributed by atoms with E-state index in [1.807, 2.05) is 17.2 Å². The molecule has 5 atom stereocenters. The summed E-state index contributed by atoms with van der Waals surface area (Å²) in [6.07, 6.45) is 10.5. The van der Waals surface area contributed by atoms with Gasteiger partial charge in [0, 0.05) is 5.41 Å². The van der Waals surface area contributed by atoms with Crippen molar-refractivity contribution in [1.82, 2.24) is 19.5 Å². The molecule has 3 aromatic rings. The minimum absolute atomic E-state index is 0.185. The molecular formula is C25H28N4O2S. The van der Waals surface area contributed by atoms with Crippen LogP contribution in [0.1, 0.15) is 55.7 Å². The number of nitrogens with zero attached hydrogens (tertiary/aromatic N) is 4. The number of benzene rings is 1. The molecule has 0 unspecified atom stereocenters. The third-order valence-corrected chi connectivity index (χ3v) is 9.21. The van der Waals surface area contributed by atoms with Gasteiger partial charge in [0.25, 0.3) is 0 Å². The molecular weight excluding hydrogens is 420 g/mol. The topological polar surface area (TPSA) is 69.9 Å². The van der Waals surface area contributed by atoms with Crippen molar-refractivity contribution in [3.05, 3.63) is 42.0 Å². The van der Waals surface area contributed by atoms with Crippen LogP contribution < -0.4 is 4.74 Å². The highest BCUT2D eigenvalue weighted by atomic mass is 32.2. The first kappa shape index (κ1) is 20.2. The lowest BCUT2D eigenvalue weighted by Crippen LogP contribution is -2.42. The van der Waals surface area contributed by atoms with Crippen LogP contribution in [0.25, 0.3) is 11.2 Å². The minimum Gasteiger partial charge on any atom is -0.497 e. The maximum absolute atomic E-state index is 13.8. The summed E-state index contributed by atoms with van der Waals surface area (Å²) >= 11 is 1.56. The van der Waals surface area contributed by atoms with Gasteiger partial charge in [0.15, 0.2) is 11.4 Å². The Labute approximate surface area is 192 Å². The van der Waals surface area contributed by atoms with E-state index in [-0.39, 0.29) is 11.5 Å². The molecule has 0 radical (unpaired) electrons. The van der Waals surface area contributed by atoms with Crippen LogP contribution in [0.5, 0.6) is 5.75 Å². The van der Waals surface area contributed by atoms with Gasteiger partial charge in [-0.15, -0.1) is 11.8 Å². The van der Waals surface area contributed by atoms with Crippen LogP contribution in [0, 0.1) is 17.3 Å². The number of hydrogen-bond acceptors (Lipinski definition) is 6. The summed E-state index contributed by atoms with van der Waals surface area (Å²) in [4.78, 5) is 27.3. The number of ketones is 1. The first-order chi connectivity index (χ1) is 15.5. The van der Waals surface area contributed by atoms with E-state index < -0.39 is 0 Å². The third-order valence-electron chi connectivity index (χ3n) is 8.52. The molecule has 2 heterocycles. The van der Waals surface area contributed by atoms with Crippen molar-refractivity contribution >= 4 is 28.7 Å². The molecule has 0 bridgehead atoms. The lowest BCUT2D eigenvalue weighted by molar-refractivity contribution is -0.131. The Morgan fingerprint density at radius 3 is 2.91 bits per heavy atom. The lowest BCUT2D eigenvalue weighted by atomic mass is 9.55. The van der Waals surface area contributed by atoms with Crippen LogP contribution in [0.2, 0.25) is 0 Å². The molecule has 166 valence electrons. The molecule has 32 heavy (non-hydrogen) atoms. The van der Waals surface area contributed by atoms with Gasteiger partial charge in [0.2, 0.25) is 0 Å². The molecule has 2 aromatic heterocycles. The normalized spacial score (nSPS) is 31.3. The van der Waals surface area contributed by atoms with Crippen LogP contribution in [-0.4, -0.2) is 38.7 Å². The minimum atomic E-state index is -0.262. The number of aromatic nitrogens is 4. The van der Waals surface area contributed by atoms with Crippen molar-refractivity contribution in [3.63, 3.8) is 0 Å². The van der Waals surface area contributed by atoms with Gasteiger partial charge in [-0.1, -0.05) is 13.0 Å². The number of imidazole rings is 1. The summed E-state index contributed by atoms with van der Waals surface area (Å²) in [6, 6.07) is 6.39. The number of Topliss-reactive ketones (excluding diaryl/α,β-unsaturated/α-hetero) is 1. The fraction of sp³-hybridized carbons (Fsp3) is 0.520. The highest BCUT2D eigenvalue weighted by Gasteiger charge is 2.58. The largest absolute Gasteiger partial charge is 0.497 e. The van der Waals surface area contributed by atoms with Crippen molar-refractivity contribution < 1.29 is 9.53 Å². The van der Waals surface area contributed by atoms with Gasteiger partial charge in [0.1, 0.15) is 22.6 Å². The smallest absolute Gasteiger partial charge is 0.165 e. The second-order valence-electron chi connectivity index (χ2n) is 9.76. The molecule has 0 saturated heterocycles. The predicted molar refractivity (Wildman–Crippen MR) is 124 cm³/mol. The lowest BCUT2D eigenvalue weighted by Gasteiger charge is -2.48. The summed E-state index contributed by atoms with van der Waals surface area (Å²) in [6.45, 7) is 2.22. The molecule has 6 nitrogen and oxygen atoms in total. The Morgan fingerprint density at radius 1 is 1.22 bits per heavy atom. The first-order valence-electron chi connectivity index (χ1n) is 11.5. The highest BCUT2D eigenvalue weighted by molar-refractivity contribution is 7.98. The van der Waals surface area contributed by atoms with Crippen LogP contribution in [0.3, 0.4) is 0 Å². The Kier molecular flexibility index (Phi) is 4.61. The zero-order valence-electron chi connectivity index (χ0n) is 18.7. The van der Waals surface area contributed by atoms with E-state index in [4.69, 9.17) is 4.74 Å². The zero-order chi connectivity index (χ0) is 22.0. The summed E-state index contributed by atoms with van der Waals surface area (Å²) in [5, 5.41) is 0.863. The number of carbonyl (C=O) groups excluding carboxylic acids is 1. The standard InChI is InChI=1S/C25H28N4O2S/c1-25-9-8-17-16-7-5-15(31-2)10-14(16)4-6-18(17)19(25)11-20(22(25)30)29-13-28-21-23(29)26-12-27-24(21)32-3/h5,7,10,12-13,17-20H,4,6,8-9,11H2,1-3H3/t17-,18-,19-,20-,25+/m0/s1. The Morgan fingerprint density at radius 2 is 2.09 bits per heavy atom. The second-order valence-corrected chi connectivity index (χ2v) is 10.6. The van der Waals surface area contributed by atoms with Gasteiger partial charge in [-0.05, 0) is 79.4 Å². The van der Waals surface area contributed by atoms with E-state index in [2.05, 4.69) is 40.1 Å². The number of methoxy groups -OCH3 is 1. The number of thioether (sulfide) groups is 1. The fourth-order valence-corrected chi connectivity index (χ4v) is 7.41. The molecule has 1 aromatic carbocycles. The molecule has 7 heteroatoms. The van der Waals surface area contributed by atoms with Crippen LogP contribution in [0.4, 0.5) is 0 Å². The molecule has 0 spiro atoms. The number of fused-ring (bicyclic) bond motifs is 6. The van der Waals surface area contributed by atoms with Crippen molar-refractivity contribution in [2.24, 2.45) is 17.3 Å². The van der Waals surface area contributed by atoms with E-state index in [0.29, 0.717) is 23.5 Å². The number of aryl methyl sites for hydroxylation is 1. The molecule has 6 rings (SSSR count). The third kappa shape index (κ3) is 2.73. The SMILES string of the molecule is COc1ccc2c(c1)CC[C@H]1[C@H]2CC[C@@]2(C)C(=O)[C@@H](n3cnc4c(SC)ncnc43)C[C@@H]12. The molecule has 0 amide bonds. The van der Waals surface area contributed by atoms with Crippen molar-refractivity contribution in [3.8, 4) is 5.75 Å². The Hall–Kier alpha value is -2.41. The number of carbonyl (C=O) groups is 1. The van der Waals surface area contributed by atoms with Gasteiger partial charge < -0.3 is 9.30 Å². The Bertz CT molecular complexity index is 1220. The molecule has 2 saturated carbocycles. The van der Waals surface area contributed by atoms with E-state index in [0.717, 1.165) is 54.0 Å². The predicted octanol–water partition coefficient (Wildman–Crippen LogP) is 4.83. The first-order valence-corrected chi connectivity index (χ1v) is 12.7.